The number of azo groups is 1. The van der Waals surface area contributed by atoms with Crippen LogP contribution in [0.5, 0.6) is 23.0 Å². The molecule has 0 aliphatic heterocycles. The molecule has 9 nitrogen and oxygen atoms in total. The topological polar surface area (TPSA) is 135 Å². The van der Waals surface area contributed by atoms with E-state index >= 15 is 0 Å². The molecule has 0 saturated heterocycles. The number of benzene rings is 4. The second-order valence-corrected chi connectivity index (χ2v) is 10.3. The highest BCUT2D eigenvalue weighted by Crippen LogP contribution is 2.28. The average Bonchev–Trinajstić information content (AvgIpc) is 2.90. The van der Waals surface area contributed by atoms with E-state index in [9.17, 15) is 17.7 Å². The van der Waals surface area contributed by atoms with Gasteiger partial charge in [0.2, 0.25) is 0 Å². The molecule has 0 aliphatic rings. The molecule has 0 spiro atoms. The maximum absolute atomic E-state index is 12.7. The molecule has 0 bridgehead atoms. The van der Waals surface area contributed by atoms with E-state index in [0.29, 0.717) is 34.9 Å². The first-order valence-electron chi connectivity index (χ1n) is 11.1. The number of aromatic hydroxyl groups is 1. The van der Waals surface area contributed by atoms with E-state index in [1.807, 2.05) is 0 Å². The maximum atomic E-state index is 12.7. The van der Waals surface area contributed by atoms with Crippen LogP contribution in [0.1, 0.15) is 5.56 Å². The fourth-order valence-corrected chi connectivity index (χ4v) is 4.55. The fourth-order valence-electron chi connectivity index (χ4n) is 3.25. The molecule has 0 aliphatic carbocycles. The highest BCUT2D eigenvalue weighted by atomic mass is 32.2. The van der Waals surface area contributed by atoms with Crippen LogP contribution in [-0.4, -0.2) is 22.3 Å². The minimum atomic E-state index is -4.10. The summed E-state index contributed by atoms with van der Waals surface area (Å²) >= 11 is -2.08. The van der Waals surface area contributed by atoms with Gasteiger partial charge in [-0.1, -0.05) is 6.08 Å². The monoisotopic (exact) mass is 550 g/mol. The minimum Gasteiger partial charge on any atom is -0.508 e. The standard InChI is InChI=1S/C27H22N2O7S2/c1-2-3-19-18-21(6-17-27(19)30)29-28-20-4-7-24(8-5-20)36-38(33,34)26-15-11-23(12-16-26)35-22-9-13-25(14-10-22)37(31)32/h2,4-18,30H,1,3H2,(H,31,32). The van der Waals surface area contributed by atoms with Crippen molar-refractivity contribution in [3.63, 3.8) is 0 Å². The van der Waals surface area contributed by atoms with Gasteiger partial charge in [0.25, 0.3) is 0 Å². The molecule has 38 heavy (non-hydrogen) atoms. The van der Waals surface area contributed by atoms with Gasteiger partial charge in [-0.2, -0.15) is 18.6 Å². The third-order valence-electron chi connectivity index (χ3n) is 5.12. The molecule has 194 valence electrons. The number of allylic oxidation sites excluding steroid dienone is 1. The van der Waals surface area contributed by atoms with Gasteiger partial charge in [0, 0.05) is 0 Å². The summed E-state index contributed by atoms with van der Waals surface area (Å²) in [7, 11) is -4.10. The minimum absolute atomic E-state index is 0.0673. The average molecular weight is 551 g/mol. The first-order chi connectivity index (χ1) is 18.2. The third-order valence-corrected chi connectivity index (χ3v) is 7.06. The fraction of sp³-hybridized carbons (Fsp3) is 0.0370. The molecule has 2 N–H and O–H groups in total. The van der Waals surface area contributed by atoms with Crippen molar-refractivity contribution in [2.45, 2.75) is 16.2 Å². The van der Waals surface area contributed by atoms with E-state index in [4.69, 9.17) is 13.5 Å². The maximum Gasteiger partial charge on any atom is 0.339 e. The van der Waals surface area contributed by atoms with Gasteiger partial charge in [-0.15, -0.1) is 6.58 Å². The Morgan fingerprint density at radius 1 is 0.816 bits per heavy atom. The van der Waals surface area contributed by atoms with Crippen molar-refractivity contribution in [3.8, 4) is 23.0 Å². The largest absolute Gasteiger partial charge is 0.508 e. The van der Waals surface area contributed by atoms with Crippen LogP contribution in [0.2, 0.25) is 0 Å². The van der Waals surface area contributed by atoms with Crippen LogP contribution < -0.4 is 8.92 Å². The number of ether oxygens (including phenoxy) is 1. The van der Waals surface area contributed by atoms with Crippen molar-refractivity contribution in [2.75, 3.05) is 0 Å². The second kappa shape index (κ2) is 11.8. The van der Waals surface area contributed by atoms with Gasteiger partial charge in [0.05, 0.1) is 16.3 Å². The summed E-state index contributed by atoms with van der Waals surface area (Å²) < 4.78 is 56.4. The first-order valence-corrected chi connectivity index (χ1v) is 13.6. The number of hydrogen-bond acceptors (Lipinski definition) is 8. The van der Waals surface area contributed by atoms with Gasteiger partial charge in [-0.3, -0.25) is 0 Å². The van der Waals surface area contributed by atoms with Crippen molar-refractivity contribution >= 4 is 32.6 Å². The summed E-state index contributed by atoms with van der Waals surface area (Å²) in [6.45, 7) is 3.66. The third kappa shape index (κ3) is 6.91. The molecule has 4 aromatic carbocycles. The van der Waals surface area contributed by atoms with E-state index < -0.39 is 21.2 Å². The SMILES string of the molecule is C=CCc1cc(N=Nc2ccc(OS(=O)(=O)c3ccc(Oc4ccc(S(=O)O)cc4)cc3)cc2)ccc1O. The van der Waals surface area contributed by atoms with Gasteiger partial charge in [0.1, 0.15) is 27.9 Å². The Bertz CT molecular complexity index is 1580. The van der Waals surface area contributed by atoms with Crippen LogP contribution in [-0.2, 0) is 27.6 Å². The van der Waals surface area contributed by atoms with Crippen LogP contribution in [0.15, 0.2) is 124 Å². The molecule has 4 aromatic rings. The summed E-state index contributed by atoms with van der Waals surface area (Å²) in [6.07, 6.45) is 2.17. The molecule has 0 radical (unpaired) electrons. The first kappa shape index (κ1) is 26.7. The predicted molar refractivity (Wildman–Crippen MR) is 142 cm³/mol. The summed E-state index contributed by atoms with van der Waals surface area (Å²) in [4.78, 5) is 0.171. The van der Waals surface area contributed by atoms with Crippen LogP contribution in [0.3, 0.4) is 0 Å². The summed E-state index contributed by atoms with van der Waals surface area (Å²) in [5.74, 6) is 1.05. The number of phenols is 1. The molecule has 4 rings (SSSR count). The molecule has 1 unspecified atom stereocenters. The van der Waals surface area contributed by atoms with E-state index in [2.05, 4.69) is 16.8 Å². The molecule has 1 atom stereocenters. The molecule has 0 amide bonds. The Morgan fingerprint density at radius 2 is 1.37 bits per heavy atom. The van der Waals surface area contributed by atoms with Gasteiger partial charge in [-0.25, -0.2) is 4.21 Å². The second-order valence-electron chi connectivity index (χ2n) is 7.83. The number of phenolic OH excluding ortho intramolecular Hbond substituents is 1. The zero-order valence-electron chi connectivity index (χ0n) is 19.8. The van der Waals surface area contributed by atoms with E-state index in [-0.39, 0.29) is 21.3 Å². The smallest absolute Gasteiger partial charge is 0.339 e. The Morgan fingerprint density at radius 3 is 1.97 bits per heavy atom. The van der Waals surface area contributed by atoms with Crippen molar-refractivity contribution < 1.29 is 31.2 Å². The van der Waals surface area contributed by atoms with Gasteiger partial charge < -0.3 is 18.6 Å². The molecule has 0 saturated carbocycles. The quantitative estimate of drug-likeness (QED) is 0.0973. The Kier molecular flexibility index (Phi) is 8.31. The molecule has 0 heterocycles. The molecular formula is C27H22N2O7S2. The van der Waals surface area contributed by atoms with Gasteiger partial charge in [0.15, 0.2) is 11.1 Å². The molecule has 11 heteroatoms. The van der Waals surface area contributed by atoms with E-state index in [1.165, 1.54) is 66.7 Å². The van der Waals surface area contributed by atoms with Crippen LogP contribution >= 0.6 is 0 Å². The predicted octanol–water partition coefficient (Wildman–Crippen LogP) is 6.68. The molecular weight excluding hydrogens is 528 g/mol. The highest BCUT2D eigenvalue weighted by Gasteiger charge is 2.17. The van der Waals surface area contributed by atoms with Crippen molar-refractivity contribution in [2.24, 2.45) is 10.2 Å². The van der Waals surface area contributed by atoms with Gasteiger partial charge >= 0.3 is 10.1 Å². The molecule has 0 fully saturated rings. The lowest BCUT2D eigenvalue weighted by Crippen LogP contribution is -2.09. The Labute approximate surface area is 222 Å². The normalized spacial score (nSPS) is 12.2. The summed E-state index contributed by atoms with van der Waals surface area (Å²) in [5, 5.41) is 18.1. The zero-order valence-corrected chi connectivity index (χ0v) is 21.4. The van der Waals surface area contributed by atoms with Crippen LogP contribution in [0, 0.1) is 0 Å². The van der Waals surface area contributed by atoms with E-state index in [1.54, 1.807) is 30.3 Å². The highest BCUT2D eigenvalue weighted by molar-refractivity contribution is 7.87. The lowest BCUT2D eigenvalue weighted by Gasteiger charge is -2.09. The summed E-state index contributed by atoms with van der Waals surface area (Å²) in [6, 6.07) is 22.6. The lowest BCUT2D eigenvalue weighted by atomic mass is 10.1. The van der Waals surface area contributed by atoms with Crippen molar-refractivity contribution in [1.82, 2.24) is 0 Å². The zero-order chi connectivity index (χ0) is 27.1. The van der Waals surface area contributed by atoms with Gasteiger partial charge in [-0.05, 0) is 103 Å². The van der Waals surface area contributed by atoms with Crippen LogP contribution in [0.4, 0.5) is 11.4 Å². The number of nitrogens with zero attached hydrogens (tertiary/aromatic N) is 2. The number of rotatable bonds is 10. The van der Waals surface area contributed by atoms with Crippen molar-refractivity contribution in [1.29, 1.82) is 0 Å². The van der Waals surface area contributed by atoms with Crippen molar-refractivity contribution in [3.05, 3.63) is 109 Å². The Balaban J connectivity index is 1.39. The molecule has 0 aromatic heterocycles. The Hall–Kier alpha value is -4.32. The van der Waals surface area contributed by atoms with E-state index in [0.717, 1.165) is 0 Å². The number of hydrogen-bond donors (Lipinski definition) is 2. The van der Waals surface area contributed by atoms with Crippen LogP contribution in [0.25, 0.3) is 0 Å². The lowest BCUT2D eigenvalue weighted by molar-refractivity contribution is 0.469. The summed E-state index contributed by atoms with van der Waals surface area (Å²) in [5.41, 5.74) is 1.71.